The van der Waals surface area contributed by atoms with Gasteiger partial charge in [-0.25, -0.2) is 0 Å². The molecule has 2 amide bonds. The molecule has 3 aromatic rings. The molecule has 0 unspecified atom stereocenters. The van der Waals surface area contributed by atoms with Crippen molar-refractivity contribution >= 4 is 23.2 Å². The maximum atomic E-state index is 12.8. The normalized spacial score (nSPS) is 13.2. The molecule has 0 spiro atoms. The van der Waals surface area contributed by atoms with Crippen LogP contribution in [0, 0.1) is 0 Å². The summed E-state index contributed by atoms with van der Waals surface area (Å²) in [5.41, 5.74) is 2.84. The van der Waals surface area contributed by atoms with Crippen LogP contribution in [-0.2, 0) is 0 Å². The Labute approximate surface area is 205 Å². The predicted molar refractivity (Wildman–Crippen MR) is 135 cm³/mol. The second-order valence-corrected chi connectivity index (χ2v) is 8.11. The first-order valence-electron chi connectivity index (χ1n) is 11.3. The average molecular weight is 476 g/mol. The Balaban J connectivity index is 1.34. The monoisotopic (exact) mass is 475 g/mol. The fourth-order valence-corrected chi connectivity index (χ4v) is 3.98. The van der Waals surface area contributed by atoms with E-state index in [2.05, 4.69) is 10.2 Å². The molecule has 1 N–H and O–H groups in total. The number of amides is 2. The molecule has 1 aliphatic heterocycles. The molecule has 0 atom stereocenters. The molecule has 0 bridgehead atoms. The summed E-state index contributed by atoms with van der Waals surface area (Å²) < 4.78 is 15.6. The summed E-state index contributed by atoms with van der Waals surface area (Å²) in [5, 5.41) is 2.91. The first kappa shape index (κ1) is 23.9. The summed E-state index contributed by atoms with van der Waals surface area (Å²) in [5.74, 6) is 1.61. The Morgan fingerprint density at radius 3 is 1.80 bits per heavy atom. The molecule has 1 aliphatic rings. The summed E-state index contributed by atoms with van der Waals surface area (Å²) in [6.07, 6.45) is 0. The predicted octanol–water partition coefficient (Wildman–Crippen LogP) is 3.93. The number of rotatable bonds is 7. The van der Waals surface area contributed by atoms with E-state index in [9.17, 15) is 9.59 Å². The van der Waals surface area contributed by atoms with E-state index < -0.39 is 0 Å². The number of hydrogen-bond donors (Lipinski definition) is 1. The highest BCUT2D eigenvalue weighted by Crippen LogP contribution is 2.24. The molecule has 3 aromatic carbocycles. The molecular formula is C27H29N3O5. The first-order valence-corrected chi connectivity index (χ1v) is 11.3. The SMILES string of the molecule is COc1ccc(C(=O)N2CCN(c3ccc(NC(=O)c4cc(OC)cc(OC)c4)cc3)CC2)cc1. The van der Waals surface area contributed by atoms with E-state index in [-0.39, 0.29) is 11.8 Å². The van der Waals surface area contributed by atoms with Crippen LogP contribution in [0.1, 0.15) is 20.7 Å². The van der Waals surface area contributed by atoms with Crippen molar-refractivity contribution in [1.82, 2.24) is 4.90 Å². The number of carbonyl (C=O) groups is 2. The van der Waals surface area contributed by atoms with Crippen molar-refractivity contribution < 1.29 is 23.8 Å². The van der Waals surface area contributed by atoms with E-state index >= 15 is 0 Å². The van der Waals surface area contributed by atoms with Gasteiger partial charge in [-0.3, -0.25) is 9.59 Å². The van der Waals surface area contributed by atoms with Gasteiger partial charge in [0.05, 0.1) is 21.3 Å². The zero-order chi connectivity index (χ0) is 24.8. The number of anilines is 2. The fraction of sp³-hybridized carbons (Fsp3) is 0.259. The van der Waals surface area contributed by atoms with Crippen LogP contribution < -0.4 is 24.4 Å². The minimum absolute atomic E-state index is 0.0273. The molecule has 8 heteroatoms. The van der Waals surface area contributed by atoms with Crippen LogP contribution in [0.25, 0.3) is 0 Å². The first-order chi connectivity index (χ1) is 17.0. The standard InChI is InChI=1S/C27H29N3O5/c1-33-23-10-4-19(5-11-23)27(32)30-14-12-29(13-15-30)22-8-6-21(7-9-22)28-26(31)20-16-24(34-2)18-25(17-20)35-3/h4-11,16-18H,12-15H2,1-3H3,(H,28,31). The van der Waals surface area contributed by atoms with Crippen LogP contribution in [0.4, 0.5) is 11.4 Å². The smallest absolute Gasteiger partial charge is 0.255 e. The summed E-state index contributed by atoms with van der Waals surface area (Å²) in [6.45, 7) is 2.75. The third-order valence-electron chi connectivity index (χ3n) is 6.01. The van der Waals surface area contributed by atoms with E-state index in [1.54, 1.807) is 63.8 Å². The molecule has 0 radical (unpaired) electrons. The maximum Gasteiger partial charge on any atom is 0.255 e. The Morgan fingerprint density at radius 1 is 0.686 bits per heavy atom. The minimum Gasteiger partial charge on any atom is -0.497 e. The Kier molecular flexibility index (Phi) is 7.40. The van der Waals surface area contributed by atoms with E-state index in [4.69, 9.17) is 14.2 Å². The summed E-state index contributed by atoms with van der Waals surface area (Å²) in [6, 6.07) is 19.9. The number of benzene rings is 3. The number of piperazine rings is 1. The highest BCUT2D eigenvalue weighted by Gasteiger charge is 2.22. The molecule has 35 heavy (non-hydrogen) atoms. The van der Waals surface area contributed by atoms with Gasteiger partial charge in [0.25, 0.3) is 11.8 Å². The topological polar surface area (TPSA) is 80.3 Å². The molecule has 1 saturated heterocycles. The summed E-state index contributed by atoms with van der Waals surface area (Å²) in [4.78, 5) is 29.6. The Bertz CT molecular complexity index is 1150. The van der Waals surface area contributed by atoms with Gasteiger partial charge in [-0.1, -0.05) is 0 Å². The van der Waals surface area contributed by atoms with Crippen LogP contribution in [0.2, 0.25) is 0 Å². The van der Waals surface area contributed by atoms with E-state index in [0.717, 1.165) is 24.5 Å². The number of nitrogens with one attached hydrogen (secondary N) is 1. The number of hydrogen-bond acceptors (Lipinski definition) is 6. The van der Waals surface area contributed by atoms with Crippen molar-refractivity contribution in [1.29, 1.82) is 0 Å². The van der Waals surface area contributed by atoms with Crippen molar-refractivity contribution in [2.75, 3.05) is 57.7 Å². The quantitative estimate of drug-likeness (QED) is 0.558. The van der Waals surface area contributed by atoms with Gasteiger partial charge in [0.1, 0.15) is 17.2 Å². The van der Waals surface area contributed by atoms with Crippen LogP contribution in [0.5, 0.6) is 17.2 Å². The number of ether oxygens (including phenoxy) is 3. The summed E-state index contributed by atoms with van der Waals surface area (Å²) in [7, 11) is 4.70. The van der Waals surface area contributed by atoms with E-state index in [1.165, 1.54) is 0 Å². The number of methoxy groups -OCH3 is 3. The van der Waals surface area contributed by atoms with Gasteiger partial charge in [-0.15, -0.1) is 0 Å². The van der Waals surface area contributed by atoms with Crippen molar-refractivity contribution in [3.05, 3.63) is 77.9 Å². The zero-order valence-corrected chi connectivity index (χ0v) is 20.1. The lowest BCUT2D eigenvalue weighted by molar-refractivity contribution is 0.0746. The highest BCUT2D eigenvalue weighted by atomic mass is 16.5. The Hall–Kier alpha value is -4.20. The number of nitrogens with zero attached hydrogens (tertiary/aromatic N) is 2. The van der Waals surface area contributed by atoms with Crippen molar-refractivity contribution in [3.63, 3.8) is 0 Å². The lowest BCUT2D eigenvalue weighted by atomic mass is 10.1. The molecule has 0 aliphatic carbocycles. The van der Waals surface area contributed by atoms with Gasteiger partial charge in [0.2, 0.25) is 0 Å². The molecule has 182 valence electrons. The summed E-state index contributed by atoms with van der Waals surface area (Å²) >= 11 is 0. The fourth-order valence-electron chi connectivity index (χ4n) is 3.98. The van der Waals surface area contributed by atoms with Gasteiger partial charge in [0, 0.05) is 54.7 Å². The van der Waals surface area contributed by atoms with Gasteiger partial charge in [-0.2, -0.15) is 0 Å². The Morgan fingerprint density at radius 2 is 1.26 bits per heavy atom. The minimum atomic E-state index is -0.249. The second-order valence-electron chi connectivity index (χ2n) is 8.11. The van der Waals surface area contributed by atoms with Gasteiger partial charge in [-0.05, 0) is 60.7 Å². The molecular weight excluding hydrogens is 446 g/mol. The number of carbonyl (C=O) groups excluding carboxylic acids is 2. The molecule has 4 rings (SSSR count). The van der Waals surface area contributed by atoms with Gasteiger partial charge in [0.15, 0.2) is 0 Å². The molecule has 0 aromatic heterocycles. The van der Waals surface area contributed by atoms with Gasteiger partial charge < -0.3 is 29.3 Å². The highest BCUT2D eigenvalue weighted by molar-refractivity contribution is 6.04. The van der Waals surface area contributed by atoms with Gasteiger partial charge >= 0.3 is 0 Å². The van der Waals surface area contributed by atoms with Crippen molar-refractivity contribution in [2.24, 2.45) is 0 Å². The molecule has 1 fully saturated rings. The maximum absolute atomic E-state index is 12.8. The van der Waals surface area contributed by atoms with E-state index in [0.29, 0.717) is 41.4 Å². The average Bonchev–Trinajstić information content (AvgIpc) is 2.92. The van der Waals surface area contributed by atoms with Crippen LogP contribution in [0.15, 0.2) is 66.7 Å². The lowest BCUT2D eigenvalue weighted by Crippen LogP contribution is -2.48. The third kappa shape index (κ3) is 5.66. The van der Waals surface area contributed by atoms with Crippen molar-refractivity contribution in [3.8, 4) is 17.2 Å². The molecule has 8 nitrogen and oxygen atoms in total. The van der Waals surface area contributed by atoms with Crippen molar-refractivity contribution in [2.45, 2.75) is 0 Å². The molecule has 0 saturated carbocycles. The zero-order valence-electron chi connectivity index (χ0n) is 20.1. The third-order valence-corrected chi connectivity index (χ3v) is 6.01. The lowest BCUT2D eigenvalue weighted by Gasteiger charge is -2.36. The van der Waals surface area contributed by atoms with Crippen LogP contribution in [0.3, 0.4) is 0 Å². The second kappa shape index (κ2) is 10.8. The largest absolute Gasteiger partial charge is 0.497 e. The van der Waals surface area contributed by atoms with Crippen LogP contribution >= 0.6 is 0 Å². The van der Waals surface area contributed by atoms with Crippen LogP contribution in [-0.4, -0.2) is 64.2 Å². The molecule has 1 heterocycles. The van der Waals surface area contributed by atoms with E-state index in [1.807, 2.05) is 29.2 Å².